The van der Waals surface area contributed by atoms with Crippen LogP contribution in [0.5, 0.6) is 5.75 Å². The number of hydrogen-bond donors (Lipinski definition) is 5. The van der Waals surface area contributed by atoms with E-state index in [1.807, 2.05) is 24.3 Å². The van der Waals surface area contributed by atoms with Gasteiger partial charge in [-0.2, -0.15) is 18.3 Å². The zero-order valence-electron chi connectivity index (χ0n) is 30.7. The van der Waals surface area contributed by atoms with Crippen molar-refractivity contribution < 1.29 is 52.0 Å². The van der Waals surface area contributed by atoms with Crippen molar-refractivity contribution in [3.8, 4) is 22.7 Å². The lowest BCUT2D eigenvalue weighted by Gasteiger charge is -2.31. The fourth-order valence-corrected chi connectivity index (χ4v) is 5.98. The maximum Gasteiger partial charge on any atom is 0.416 e. The van der Waals surface area contributed by atoms with E-state index < -0.39 is 41.0 Å². The van der Waals surface area contributed by atoms with Crippen LogP contribution in [0.4, 0.5) is 29.1 Å². The van der Waals surface area contributed by atoms with Crippen molar-refractivity contribution in [2.75, 3.05) is 37.9 Å². The molecule has 3 aromatic carbocycles. The van der Waals surface area contributed by atoms with Crippen molar-refractivity contribution in [3.63, 3.8) is 0 Å². The van der Waals surface area contributed by atoms with Crippen LogP contribution in [0, 0.1) is 11.7 Å². The maximum absolute atomic E-state index is 14.5. The Labute approximate surface area is 318 Å². The number of anilines is 2. The highest BCUT2D eigenvalue weighted by Gasteiger charge is 2.32. The second-order valence-corrected chi connectivity index (χ2v) is 12.7. The molecule has 56 heavy (non-hydrogen) atoms. The molecular weight excluding hydrogens is 742 g/mol. The van der Waals surface area contributed by atoms with E-state index in [9.17, 15) is 27.5 Å². The van der Waals surface area contributed by atoms with Crippen molar-refractivity contribution in [2.45, 2.75) is 45.8 Å². The zero-order valence-corrected chi connectivity index (χ0v) is 30.7. The molecule has 0 spiro atoms. The van der Waals surface area contributed by atoms with Crippen molar-refractivity contribution in [1.82, 2.24) is 24.6 Å². The Morgan fingerprint density at radius 1 is 0.964 bits per heavy atom. The molecule has 1 aliphatic heterocycles. The summed E-state index contributed by atoms with van der Waals surface area (Å²) in [7, 11) is 1.38. The van der Waals surface area contributed by atoms with Crippen LogP contribution in [0.3, 0.4) is 0 Å². The summed E-state index contributed by atoms with van der Waals surface area (Å²) in [5, 5.41) is 31.9. The van der Waals surface area contributed by atoms with Gasteiger partial charge in [0.05, 0.1) is 35.0 Å². The first-order valence-electron chi connectivity index (χ1n) is 17.2. The number of piperidine rings is 1. The largest absolute Gasteiger partial charge is 0.495 e. The molecule has 5 aromatic rings. The molecule has 14 nitrogen and oxygen atoms in total. The second-order valence-electron chi connectivity index (χ2n) is 12.7. The standard InChI is InChI=1S/C34H33F4N7O3.2C2H4O2/c1-48-28-16-22(4-9-27(28)42-33(47)25-8-5-23(17-26(25)35)34(36,37)38)30-29-31(39)40-19-41-32(29)45(43-30)24-6-2-21(3-7-24)18-44-13-10-20(11-14-44)12-15-46;2*1-2(3)4/h2-9,16-17,19-20,46H,10-15,18H2,1H3,(H,42,47)(H2,39,40,41);2*1H3,(H,3,4). The highest BCUT2D eigenvalue weighted by Crippen LogP contribution is 2.37. The molecule has 0 radical (unpaired) electrons. The molecule has 2 aromatic heterocycles. The Morgan fingerprint density at radius 2 is 1.61 bits per heavy atom. The molecule has 0 bridgehead atoms. The van der Waals surface area contributed by atoms with Gasteiger partial charge in [-0.15, -0.1) is 0 Å². The second kappa shape index (κ2) is 18.9. The van der Waals surface area contributed by atoms with Crippen LogP contribution in [0.25, 0.3) is 28.0 Å². The summed E-state index contributed by atoms with van der Waals surface area (Å²) in [6.07, 6.45) is -0.372. The first-order valence-corrected chi connectivity index (χ1v) is 17.2. The first kappa shape index (κ1) is 42.6. The Hall–Kier alpha value is -6.14. The number of ether oxygens (including phenoxy) is 1. The monoisotopic (exact) mass is 783 g/mol. The summed E-state index contributed by atoms with van der Waals surface area (Å²) in [5.41, 5.74) is 8.10. The molecule has 0 aliphatic carbocycles. The molecule has 6 rings (SSSR count). The number of carbonyl (C=O) groups excluding carboxylic acids is 1. The minimum atomic E-state index is -4.75. The van der Waals surface area contributed by atoms with Gasteiger partial charge in [-0.3, -0.25) is 19.3 Å². The molecule has 0 unspecified atom stereocenters. The predicted octanol–water partition coefficient (Wildman–Crippen LogP) is 6.26. The summed E-state index contributed by atoms with van der Waals surface area (Å²) < 4.78 is 60.5. The number of nitrogen functional groups attached to an aromatic ring is 1. The lowest BCUT2D eigenvalue weighted by atomic mass is 9.94. The van der Waals surface area contributed by atoms with E-state index in [2.05, 4.69) is 20.2 Å². The first-order chi connectivity index (χ1) is 26.5. The number of aliphatic carboxylic acids is 2. The van der Waals surface area contributed by atoms with Crippen LogP contribution in [0.2, 0.25) is 0 Å². The summed E-state index contributed by atoms with van der Waals surface area (Å²) in [4.78, 5) is 41.9. The average molecular weight is 784 g/mol. The van der Waals surface area contributed by atoms with Gasteiger partial charge in [-0.05, 0) is 86.3 Å². The van der Waals surface area contributed by atoms with Crippen LogP contribution in [-0.2, 0) is 22.3 Å². The number of nitrogens with two attached hydrogens (primary N) is 1. The van der Waals surface area contributed by atoms with E-state index in [1.165, 1.54) is 19.5 Å². The summed E-state index contributed by atoms with van der Waals surface area (Å²) in [5.74, 6) is -2.95. The van der Waals surface area contributed by atoms with Crippen molar-refractivity contribution in [3.05, 3.63) is 89.5 Å². The van der Waals surface area contributed by atoms with Crippen molar-refractivity contribution >= 4 is 40.4 Å². The normalized spacial score (nSPS) is 13.2. The van der Waals surface area contributed by atoms with Gasteiger partial charge < -0.3 is 31.1 Å². The fraction of sp³-hybridized carbons (Fsp3) is 0.316. The maximum atomic E-state index is 14.5. The van der Waals surface area contributed by atoms with Crippen LogP contribution in [0.15, 0.2) is 67.0 Å². The third-order valence-corrected chi connectivity index (χ3v) is 8.59. The van der Waals surface area contributed by atoms with Gasteiger partial charge in [0.1, 0.15) is 29.4 Å². The topological polar surface area (TPSA) is 206 Å². The van der Waals surface area contributed by atoms with Crippen LogP contribution in [-0.4, -0.2) is 84.6 Å². The summed E-state index contributed by atoms with van der Waals surface area (Å²) in [6.45, 7) is 5.21. The molecule has 298 valence electrons. The number of benzene rings is 3. The quantitative estimate of drug-likeness (QED) is 0.105. The summed E-state index contributed by atoms with van der Waals surface area (Å²) >= 11 is 0. The zero-order chi connectivity index (χ0) is 41.2. The predicted molar refractivity (Wildman–Crippen MR) is 199 cm³/mol. The van der Waals surface area contributed by atoms with Crippen LogP contribution < -0.4 is 15.8 Å². The number of methoxy groups -OCH3 is 1. The van der Waals surface area contributed by atoms with Gasteiger partial charge in [0.2, 0.25) is 0 Å². The van der Waals surface area contributed by atoms with Crippen LogP contribution >= 0.6 is 0 Å². The number of rotatable bonds is 9. The number of aliphatic hydroxyl groups is 1. The Kier molecular flexibility index (Phi) is 14.4. The van der Waals surface area contributed by atoms with E-state index in [0.29, 0.717) is 34.3 Å². The average Bonchev–Trinajstić information content (AvgIpc) is 3.53. The highest BCUT2D eigenvalue weighted by atomic mass is 19.4. The van der Waals surface area contributed by atoms with Gasteiger partial charge in [-0.1, -0.05) is 18.2 Å². The number of aliphatic hydroxyl groups excluding tert-OH is 1. The summed E-state index contributed by atoms with van der Waals surface area (Å²) in [6, 6.07) is 14.5. The van der Waals surface area contributed by atoms with Crippen LogP contribution in [0.1, 0.15) is 54.6 Å². The minimum absolute atomic E-state index is 0.159. The fourth-order valence-electron chi connectivity index (χ4n) is 5.98. The number of carboxylic acids is 2. The third-order valence-electron chi connectivity index (χ3n) is 8.59. The number of carbonyl (C=O) groups is 3. The Balaban J connectivity index is 0.000000795. The lowest BCUT2D eigenvalue weighted by Crippen LogP contribution is -2.33. The SMILES string of the molecule is CC(=O)O.CC(=O)O.COc1cc(-c2nn(-c3ccc(CN4CCC(CCO)CC4)cc3)c3ncnc(N)c23)ccc1NC(=O)c1ccc(C(F)(F)F)cc1F. The number of halogens is 4. The molecule has 1 aliphatic rings. The van der Waals surface area contributed by atoms with Gasteiger partial charge in [0.25, 0.3) is 17.8 Å². The highest BCUT2D eigenvalue weighted by molar-refractivity contribution is 6.06. The number of fused-ring (bicyclic) bond motifs is 1. The molecule has 1 saturated heterocycles. The Bertz CT molecular complexity index is 2130. The van der Waals surface area contributed by atoms with Gasteiger partial charge >= 0.3 is 6.18 Å². The van der Waals surface area contributed by atoms with Gasteiger partial charge in [0, 0.05) is 32.6 Å². The van der Waals surface area contributed by atoms with E-state index in [4.69, 9.17) is 35.4 Å². The molecule has 1 amide bonds. The number of alkyl halides is 3. The molecule has 0 saturated carbocycles. The van der Waals surface area contributed by atoms with Crippen molar-refractivity contribution in [2.24, 2.45) is 5.92 Å². The molecule has 0 atom stereocenters. The van der Waals surface area contributed by atoms with E-state index in [0.717, 1.165) is 70.1 Å². The number of likely N-dealkylation sites (tertiary alicyclic amines) is 1. The van der Waals surface area contributed by atoms with E-state index in [1.54, 1.807) is 16.8 Å². The molecule has 1 fully saturated rings. The molecule has 3 heterocycles. The molecule has 6 N–H and O–H groups in total. The lowest BCUT2D eigenvalue weighted by molar-refractivity contribution is -0.138. The smallest absolute Gasteiger partial charge is 0.416 e. The third kappa shape index (κ3) is 11.2. The molecule has 18 heteroatoms. The number of nitrogens with zero attached hydrogens (tertiary/aromatic N) is 5. The van der Waals surface area contributed by atoms with Gasteiger partial charge in [-0.25, -0.2) is 19.0 Å². The number of aromatic nitrogens is 4. The van der Waals surface area contributed by atoms with Crippen molar-refractivity contribution in [1.29, 1.82) is 0 Å². The number of carboxylic acid groups (broad SMARTS) is 2. The van der Waals surface area contributed by atoms with Gasteiger partial charge in [0.15, 0.2) is 5.65 Å². The molecular formula is C38H41F4N7O7. The minimum Gasteiger partial charge on any atom is -0.495 e. The number of amides is 1. The van der Waals surface area contributed by atoms with E-state index in [-0.39, 0.29) is 29.9 Å². The Morgan fingerprint density at radius 3 is 2.18 bits per heavy atom. The van der Waals surface area contributed by atoms with E-state index >= 15 is 0 Å². The number of nitrogens with one attached hydrogen (secondary N) is 1. The number of hydrogen-bond acceptors (Lipinski definition) is 10.